The summed E-state index contributed by atoms with van der Waals surface area (Å²) in [5, 5.41) is 8.79. The Balaban J connectivity index is 1.68. The molecule has 2 aliphatic carbocycles. The van der Waals surface area contributed by atoms with Crippen LogP contribution in [0.4, 0.5) is 0 Å². The molecule has 0 saturated heterocycles. The van der Waals surface area contributed by atoms with Crippen molar-refractivity contribution >= 4 is 11.7 Å². The number of amides is 1. The van der Waals surface area contributed by atoms with E-state index in [9.17, 15) is 9.59 Å². The van der Waals surface area contributed by atoms with Crippen LogP contribution in [0, 0.1) is 11.3 Å². The van der Waals surface area contributed by atoms with E-state index in [-0.39, 0.29) is 5.41 Å². The van der Waals surface area contributed by atoms with Crippen LogP contribution in [0.3, 0.4) is 0 Å². The Labute approximate surface area is 143 Å². The second-order valence-corrected chi connectivity index (χ2v) is 7.78. The molecule has 0 spiro atoms. The Bertz CT molecular complexity index is 632. The van der Waals surface area contributed by atoms with Crippen LogP contribution < -0.4 is 5.48 Å². The first-order valence-electron chi connectivity index (χ1n) is 9.11. The average Bonchev–Trinajstić information content (AvgIpc) is 2.61. The average molecular weight is 329 g/mol. The fraction of sp³-hybridized carbons (Fsp3) is 0.600. The van der Waals surface area contributed by atoms with Crippen molar-refractivity contribution in [2.75, 3.05) is 0 Å². The Kier molecular flexibility index (Phi) is 5.04. The SMILES string of the molecule is CC1(C(=O)CC2CCc3ccc(C(=O)NO)cc3C2)CCCCC1. The molecule has 130 valence electrons. The molecule has 0 bridgehead atoms. The van der Waals surface area contributed by atoms with E-state index in [2.05, 4.69) is 6.92 Å². The number of hydrogen-bond acceptors (Lipinski definition) is 3. The van der Waals surface area contributed by atoms with Gasteiger partial charge in [-0.15, -0.1) is 0 Å². The van der Waals surface area contributed by atoms with Gasteiger partial charge in [0.15, 0.2) is 0 Å². The summed E-state index contributed by atoms with van der Waals surface area (Å²) in [5.41, 5.74) is 4.46. The minimum atomic E-state index is -0.481. The molecule has 3 rings (SSSR count). The van der Waals surface area contributed by atoms with Crippen LogP contribution >= 0.6 is 0 Å². The van der Waals surface area contributed by atoms with E-state index in [0.29, 0.717) is 23.7 Å². The van der Waals surface area contributed by atoms with Gasteiger partial charge in [-0.1, -0.05) is 32.3 Å². The first kappa shape index (κ1) is 17.2. The summed E-state index contributed by atoms with van der Waals surface area (Å²) in [6, 6.07) is 5.58. The van der Waals surface area contributed by atoms with Crippen LogP contribution in [0.25, 0.3) is 0 Å². The standard InChI is InChI=1S/C20H27NO3/c1-20(9-3-2-4-10-20)18(22)12-14-5-6-15-7-8-16(19(23)21-24)13-17(15)11-14/h7-8,13-14,24H,2-6,9-12H2,1H3,(H,21,23). The third-order valence-electron chi connectivity index (χ3n) is 6.00. The molecule has 0 aliphatic heterocycles. The van der Waals surface area contributed by atoms with Gasteiger partial charge in [-0.3, -0.25) is 14.8 Å². The van der Waals surface area contributed by atoms with E-state index in [1.165, 1.54) is 24.8 Å². The Morgan fingerprint density at radius 2 is 1.96 bits per heavy atom. The maximum absolute atomic E-state index is 12.8. The number of fused-ring (bicyclic) bond motifs is 1. The molecule has 1 fully saturated rings. The molecule has 4 nitrogen and oxygen atoms in total. The molecule has 0 heterocycles. The van der Waals surface area contributed by atoms with Gasteiger partial charge in [0.05, 0.1) is 0 Å². The largest absolute Gasteiger partial charge is 0.299 e. The third-order valence-corrected chi connectivity index (χ3v) is 6.00. The van der Waals surface area contributed by atoms with E-state index in [1.807, 2.05) is 12.1 Å². The maximum atomic E-state index is 12.8. The van der Waals surface area contributed by atoms with Gasteiger partial charge in [-0.25, -0.2) is 5.48 Å². The number of hydrogen-bond donors (Lipinski definition) is 2. The minimum Gasteiger partial charge on any atom is -0.299 e. The quantitative estimate of drug-likeness (QED) is 0.651. The van der Waals surface area contributed by atoms with E-state index in [1.54, 1.807) is 11.5 Å². The predicted octanol–water partition coefficient (Wildman–Crippen LogP) is 3.84. The second-order valence-electron chi connectivity index (χ2n) is 7.78. The third kappa shape index (κ3) is 3.54. The molecule has 0 radical (unpaired) electrons. The minimum absolute atomic E-state index is 0.114. The molecule has 1 aromatic rings. The zero-order chi connectivity index (χ0) is 17.2. The second kappa shape index (κ2) is 7.06. The van der Waals surface area contributed by atoms with Crippen LogP contribution in [0.2, 0.25) is 0 Å². The van der Waals surface area contributed by atoms with Gasteiger partial charge in [-0.2, -0.15) is 0 Å². The van der Waals surface area contributed by atoms with Gasteiger partial charge >= 0.3 is 0 Å². The van der Waals surface area contributed by atoms with Crippen molar-refractivity contribution in [3.63, 3.8) is 0 Å². The summed E-state index contributed by atoms with van der Waals surface area (Å²) in [7, 11) is 0. The smallest absolute Gasteiger partial charge is 0.274 e. The monoisotopic (exact) mass is 329 g/mol. The number of carbonyl (C=O) groups excluding carboxylic acids is 2. The molecule has 1 unspecified atom stereocenters. The van der Waals surface area contributed by atoms with Gasteiger partial charge in [0, 0.05) is 17.4 Å². The van der Waals surface area contributed by atoms with Crippen molar-refractivity contribution in [3.8, 4) is 0 Å². The number of aryl methyl sites for hydroxylation is 1. The summed E-state index contributed by atoms with van der Waals surface area (Å²) in [6.45, 7) is 2.15. The lowest BCUT2D eigenvalue weighted by Gasteiger charge is -2.34. The highest BCUT2D eigenvalue weighted by molar-refractivity contribution is 5.93. The number of Topliss-reactive ketones (excluding diaryl/α,β-unsaturated/α-hetero) is 1. The van der Waals surface area contributed by atoms with Crippen molar-refractivity contribution in [2.45, 2.75) is 64.7 Å². The van der Waals surface area contributed by atoms with Gasteiger partial charge in [-0.05, 0) is 61.3 Å². The van der Waals surface area contributed by atoms with E-state index in [0.717, 1.165) is 37.7 Å². The molecule has 2 aliphatic rings. The Hall–Kier alpha value is -1.68. The van der Waals surface area contributed by atoms with E-state index in [4.69, 9.17) is 5.21 Å². The van der Waals surface area contributed by atoms with Gasteiger partial charge in [0.25, 0.3) is 5.91 Å². The zero-order valence-corrected chi connectivity index (χ0v) is 14.4. The molecular formula is C20H27NO3. The normalized spacial score (nSPS) is 22.5. The molecule has 4 heteroatoms. The van der Waals surface area contributed by atoms with Crippen LogP contribution in [-0.4, -0.2) is 16.9 Å². The summed E-state index contributed by atoms with van der Waals surface area (Å²) < 4.78 is 0. The number of hydroxylamine groups is 1. The molecular weight excluding hydrogens is 302 g/mol. The molecule has 0 aromatic heterocycles. The first-order chi connectivity index (χ1) is 11.5. The fourth-order valence-corrected chi connectivity index (χ4v) is 4.33. The van der Waals surface area contributed by atoms with Crippen molar-refractivity contribution in [2.24, 2.45) is 11.3 Å². The Morgan fingerprint density at radius 3 is 2.67 bits per heavy atom. The lowest BCUT2D eigenvalue weighted by atomic mass is 9.69. The molecule has 1 aromatic carbocycles. The van der Waals surface area contributed by atoms with Crippen LogP contribution in [0.15, 0.2) is 18.2 Å². The molecule has 1 amide bonds. The van der Waals surface area contributed by atoms with E-state index < -0.39 is 5.91 Å². The maximum Gasteiger partial charge on any atom is 0.274 e. The van der Waals surface area contributed by atoms with Crippen LogP contribution in [-0.2, 0) is 17.6 Å². The van der Waals surface area contributed by atoms with Crippen molar-refractivity contribution < 1.29 is 14.8 Å². The fourth-order valence-electron chi connectivity index (χ4n) is 4.33. The molecule has 1 saturated carbocycles. The van der Waals surface area contributed by atoms with Crippen molar-refractivity contribution in [3.05, 3.63) is 34.9 Å². The number of rotatable bonds is 4. The predicted molar refractivity (Wildman–Crippen MR) is 92.0 cm³/mol. The summed E-state index contributed by atoms with van der Waals surface area (Å²) in [5.74, 6) is 0.321. The highest BCUT2D eigenvalue weighted by atomic mass is 16.5. The van der Waals surface area contributed by atoms with Gasteiger partial charge in [0.2, 0.25) is 0 Å². The lowest BCUT2D eigenvalue weighted by molar-refractivity contribution is -0.130. The van der Waals surface area contributed by atoms with Crippen LogP contribution in [0.1, 0.15) is 73.4 Å². The lowest BCUT2D eigenvalue weighted by Crippen LogP contribution is -2.32. The summed E-state index contributed by atoms with van der Waals surface area (Å²) in [4.78, 5) is 24.4. The molecule has 1 atom stereocenters. The summed E-state index contributed by atoms with van der Waals surface area (Å²) >= 11 is 0. The van der Waals surface area contributed by atoms with Gasteiger partial charge in [0.1, 0.15) is 5.78 Å². The van der Waals surface area contributed by atoms with Crippen molar-refractivity contribution in [1.29, 1.82) is 0 Å². The Morgan fingerprint density at radius 1 is 1.21 bits per heavy atom. The number of benzene rings is 1. The zero-order valence-electron chi connectivity index (χ0n) is 14.4. The first-order valence-corrected chi connectivity index (χ1v) is 9.11. The number of nitrogens with one attached hydrogen (secondary N) is 1. The number of ketones is 1. The van der Waals surface area contributed by atoms with E-state index >= 15 is 0 Å². The van der Waals surface area contributed by atoms with Crippen molar-refractivity contribution in [1.82, 2.24) is 5.48 Å². The molecule has 24 heavy (non-hydrogen) atoms. The highest BCUT2D eigenvalue weighted by Crippen LogP contribution is 2.39. The summed E-state index contributed by atoms with van der Waals surface area (Å²) in [6.07, 6.45) is 9.20. The van der Waals surface area contributed by atoms with Gasteiger partial charge < -0.3 is 0 Å². The topological polar surface area (TPSA) is 66.4 Å². The van der Waals surface area contributed by atoms with Crippen LogP contribution in [0.5, 0.6) is 0 Å². The highest BCUT2D eigenvalue weighted by Gasteiger charge is 2.35. The molecule has 2 N–H and O–H groups in total. The number of carbonyl (C=O) groups is 2.